The largest absolute Gasteiger partial charge is 0.419 e. The van der Waals surface area contributed by atoms with E-state index < -0.39 is 17.6 Å². The van der Waals surface area contributed by atoms with Gasteiger partial charge in [0.2, 0.25) is 0 Å². The number of halogens is 5. The van der Waals surface area contributed by atoms with Crippen molar-refractivity contribution in [1.82, 2.24) is 0 Å². The van der Waals surface area contributed by atoms with Gasteiger partial charge in [0.1, 0.15) is 11.6 Å². The van der Waals surface area contributed by atoms with Gasteiger partial charge in [-0.3, -0.25) is 0 Å². The van der Waals surface area contributed by atoms with E-state index >= 15 is 4.39 Å². The van der Waals surface area contributed by atoms with Crippen LogP contribution in [0.4, 0.5) is 22.0 Å². The molecule has 1 aliphatic rings. The second-order valence-electron chi connectivity index (χ2n) is 11.0. The lowest BCUT2D eigenvalue weighted by molar-refractivity contribution is -0.140. The predicted octanol–water partition coefficient (Wildman–Crippen LogP) is 10.1. The summed E-state index contributed by atoms with van der Waals surface area (Å²) in [6, 6.07) is 15.1. The lowest BCUT2D eigenvalue weighted by atomic mass is 9.80. The molecule has 0 aliphatic heterocycles. The molecule has 1 fully saturated rings. The quantitative estimate of drug-likeness (QED) is 0.242. The maximum absolute atomic E-state index is 15.4. The number of rotatable bonds is 9. The third-order valence-corrected chi connectivity index (χ3v) is 8.07. The average Bonchev–Trinajstić information content (AvgIpc) is 2.88. The third kappa shape index (κ3) is 7.03. The first-order chi connectivity index (χ1) is 18.2. The Hall–Kier alpha value is -2.69. The molecule has 0 amide bonds. The average molecular weight is 529 g/mol. The molecule has 0 saturated heterocycles. The van der Waals surface area contributed by atoms with E-state index in [1.54, 1.807) is 30.3 Å². The van der Waals surface area contributed by atoms with Gasteiger partial charge in [0, 0.05) is 5.56 Å². The fourth-order valence-corrected chi connectivity index (χ4v) is 5.70. The summed E-state index contributed by atoms with van der Waals surface area (Å²) < 4.78 is 71.7. The van der Waals surface area contributed by atoms with Crippen LogP contribution in [0.25, 0.3) is 11.1 Å². The van der Waals surface area contributed by atoms with Crippen molar-refractivity contribution in [3.63, 3.8) is 0 Å². The van der Waals surface area contributed by atoms with Crippen molar-refractivity contribution in [2.45, 2.75) is 84.2 Å². The lowest BCUT2D eigenvalue weighted by Gasteiger charge is -2.26. The molecule has 0 N–H and O–H groups in total. The monoisotopic (exact) mass is 528 g/mol. The normalized spacial score (nSPS) is 18.1. The first-order valence-electron chi connectivity index (χ1n) is 13.9. The van der Waals surface area contributed by atoms with E-state index in [0.717, 1.165) is 49.7 Å². The number of hydrogen-bond acceptors (Lipinski definition) is 0. The predicted molar refractivity (Wildman–Crippen MR) is 144 cm³/mol. The number of benzene rings is 3. The van der Waals surface area contributed by atoms with Gasteiger partial charge in [0.25, 0.3) is 0 Å². The van der Waals surface area contributed by atoms with Crippen LogP contribution in [0.1, 0.15) is 80.2 Å². The summed E-state index contributed by atoms with van der Waals surface area (Å²) in [6.45, 7) is 4.27. The van der Waals surface area contributed by atoms with Crippen molar-refractivity contribution >= 4 is 0 Å². The van der Waals surface area contributed by atoms with Gasteiger partial charge in [-0.1, -0.05) is 94.5 Å². The topological polar surface area (TPSA) is 0 Å². The fraction of sp³-hybridized carbons (Fsp3) is 0.455. The molecule has 38 heavy (non-hydrogen) atoms. The van der Waals surface area contributed by atoms with E-state index in [-0.39, 0.29) is 23.4 Å². The Morgan fingerprint density at radius 2 is 1.39 bits per heavy atom. The Morgan fingerprint density at radius 1 is 0.737 bits per heavy atom. The number of hydrogen-bond donors (Lipinski definition) is 0. The second-order valence-corrected chi connectivity index (χ2v) is 11.0. The SMILES string of the molecule is CCCc1ccc(CCc2ccc(-c3ccc(CCC4CCC(C)CC4)c(C(F)(F)F)c3F)cc2)c(F)c1. The lowest BCUT2D eigenvalue weighted by Crippen LogP contribution is -2.16. The fourth-order valence-electron chi connectivity index (χ4n) is 5.70. The van der Waals surface area contributed by atoms with Crippen molar-refractivity contribution in [1.29, 1.82) is 0 Å². The van der Waals surface area contributed by atoms with Gasteiger partial charge in [0.05, 0.1) is 5.56 Å². The maximum atomic E-state index is 15.4. The van der Waals surface area contributed by atoms with Crippen LogP contribution in [-0.2, 0) is 31.9 Å². The molecule has 0 spiro atoms. The van der Waals surface area contributed by atoms with Crippen molar-refractivity contribution in [2.75, 3.05) is 0 Å². The number of aryl methyl sites for hydroxylation is 4. The molecule has 204 valence electrons. The number of alkyl halides is 3. The molecule has 0 atom stereocenters. The molecular formula is C33H37F5. The van der Waals surface area contributed by atoms with Gasteiger partial charge in [0.15, 0.2) is 0 Å². The van der Waals surface area contributed by atoms with E-state index in [2.05, 4.69) is 13.8 Å². The van der Waals surface area contributed by atoms with Gasteiger partial charge < -0.3 is 0 Å². The Bertz CT molecular complexity index is 1200. The molecule has 0 unspecified atom stereocenters. The molecule has 1 aliphatic carbocycles. The summed E-state index contributed by atoms with van der Waals surface area (Å²) in [5.41, 5.74) is 1.80. The van der Waals surface area contributed by atoms with Crippen molar-refractivity contribution in [2.24, 2.45) is 11.8 Å². The summed E-state index contributed by atoms with van der Waals surface area (Å²) >= 11 is 0. The van der Waals surface area contributed by atoms with E-state index in [9.17, 15) is 17.6 Å². The minimum absolute atomic E-state index is 0.0426. The molecule has 0 radical (unpaired) electrons. The van der Waals surface area contributed by atoms with Crippen molar-refractivity contribution in [3.05, 3.63) is 94.0 Å². The summed E-state index contributed by atoms with van der Waals surface area (Å²) in [5.74, 6) is -0.328. The minimum Gasteiger partial charge on any atom is -0.207 e. The summed E-state index contributed by atoms with van der Waals surface area (Å²) in [6.07, 6.45) is 3.32. The van der Waals surface area contributed by atoms with Crippen LogP contribution in [0.15, 0.2) is 54.6 Å². The van der Waals surface area contributed by atoms with Crippen LogP contribution < -0.4 is 0 Å². The van der Waals surface area contributed by atoms with Crippen molar-refractivity contribution < 1.29 is 22.0 Å². The Morgan fingerprint density at radius 3 is 2.03 bits per heavy atom. The smallest absolute Gasteiger partial charge is 0.207 e. The second kappa shape index (κ2) is 12.4. The molecule has 3 aromatic carbocycles. The molecule has 0 nitrogen and oxygen atoms in total. The molecule has 0 aromatic heterocycles. The van der Waals surface area contributed by atoms with Gasteiger partial charge >= 0.3 is 6.18 Å². The van der Waals surface area contributed by atoms with Crippen LogP contribution in [0.3, 0.4) is 0 Å². The Kier molecular flexibility index (Phi) is 9.27. The van der Waals surface area contributed by atoms with Crippen LogP contribution in [-0.4, -0.2) is 0 Å². The third-order valence-electron chi connectivity index (χ3n) is 8.07. The van der Waals surface area contributed by atoms with Gasteiger partial charge in [-0.25, -0.2) is 8.78 Å². The molecule has 0 heterocycles. The molecule has 1 saturated carbocycles. The Labute approximate surface area is 223 Å². The highest BCUT2D eigenvalue weighted by Crippen LogP contribution is 2.40. The molecule has 3 aromatic rings. The first-order valence-corrected chi connectivity index (χ1v) is 13.9. The zero-order valence-corrected chi connectivity index (χ0v) is 22.3. The molecule has 4 rings (SSSR count). The van der Waals surface area contributed by atoms with Crippen molar-refractivity contribution in [3.8, 4) is 11.1 Å². The highest BCUT2D eigenvalue weighted by atomic mass is 19.4. The standard InChI is InChI=1S/C33H37F5/c1-3-4-25-13-17-27(30(34)21-25)16-11-24-9-14-26(15-10-24)29-20-19-28(31(32(29)35)33(36,37)38)18-12-23-7-5-22(2)6-8-23/h9-10,13-15,17,19-23H,3-8,11-12,16,18H2,1-2H3. The van der Waals surface area contributed by atoms with Crippen LogP contribution in [0, 0.1) is 23.5 Å². The summed E-state index contributed by atoms with van der Waals surface area (Å²) in [5, 5.41) is 0. The first kappa shape index (κ1) is 28.3. The van der Waals surface area contributed by atoms with Gasteiger partial charge in [-0.15, -0.1) is 0 Å². The van der Waals surface area contributed by atoms with Gasteiger partial charge in [-0.05, 0) is 77.8 Å². The minimum atomic E-state index is -4.76. The van der Waals surface area contributed by atoms with E-state index in [0.29, 0.717) is 42.2 Å². The molecular weight excluding hydrogens is 491 g/mol. The highest BCUT2D eigenvalue weighted by molar-refractivity contribution is 5.66. The van der Waals surface area contributed by atoms with Crippen LogP contribution >= 0.6 is 0 Å². The van der Waals surface area contributed by atoms with E-state index in [4.69, 9.17) is 0 Å². The highest BCUT2D eigenvalue weighted by Gasteiger charge is 2.38. The van der Waals surface area contributed by atoms with Crippen LogP contribution in [0.5, 0.6) is 0 Å². The zero-order valence-electron chi connectivity index (χ0n) is 22.3. The zero-order chi connectivity index (χ0) is 27.3. The molecule has 5 heteroatoms. The maximum Gasteiger partial charge on any atom is 0.419 e. The van der Waals surface area contributed by atoms with E-state index in [1.807, 2.05) is 12.1 Å². The summed E-state index contributed by atoms with van der Waals surface area (Å²) in [7, 11) is 0. The van der Waals surface area contributed by atoms with Crippen LogP contribution in [0.2, 0.25) is 0 Å². The van der Waals surface area contributed by atoms with Gasteiger partial charge in [-0.2, -0.15) is 13.2 Å². The molecule has 0 bridgehead atoms. The summed E-state index contributed by atoms with van der Waals surface area (Å²) in [4.78, 5) is 0. The Balaban J connectivity index is 1.47. The van der Waals surface area contributed by atoms with E-state index in [1.165, 1.54) is 12.1 Å².